The number of carbonyl (C=O) groups is 1. The van der Waals surface area contributed by atoms with E-state index in [1.54, 1.807) is 7.11 Å². The van der Waals surface area contributed by atoms with Crippen molar-refractivity contribution in [1.29, 1.82) is 0 Å². The molecule has 0 fully saturated rings. The van der Waals surface area contributed by atoms with Crippen LogP contribution in [0.5, 0.6) is 5.75 Å². The highest BCUT2D eigenvalue weighted by Gasteiger charge is 2.15. The lowest BCUT2D eigenvalue weighted by Gasteiger charge is -2.07. The molecule has 0 atom stereocenters. The number of rotatable bonds is 5. The minimum absolute atomic E-state index is 0.155. The average molecular weight is 289 g/mol. The largest absolute Gasteiger partial charge is 0.496 e. The zero-order valence-corrected chi connectivity index (χ0v) is 13.1. The van der Waals surface area contributed by atoms with Crippen molar-refractivity contribution >= 4 is 17.5 Å². The molecule has 0 bridgehead atoms. The summed E-state index contributed by atoms with van der Waals surface area (Å²) in [4.78, 5) is 13.3. The van der Waals surface area contributed by atoms with Crippen LogP contribution in [0.1, 0.15) is 21.7 Å². The van der Waals surface area contributed by atoms with E-state index in [1.807, 2.05) is 55.8 Å². The number of aromatic nitrogens is 1. The minimum atomic E-state index is 0.155. The lowest BCUT2D eigenvalue weighted by molar-refractivity contribution is 0.102. The maximum absolute atomic E-state index is 12.3. The molecule has 1 aromatic heterocycles. The van der Waals surface area contributed by atoms with E-state index in [0.29, 0.717) is 5.75 Å². The van der Waals surface area contributed by atoms with Gasteiger partial charge in [0.05, 0.1) is 12.9 Å². The number of hydrogen-bond donors (Lipinski definition) is 0. The molecule has 2 rings (SSSR count). The van der Waals surface area contributed by atoms with Gasteiger partial charge >= 0.3 is 0 Å². The van der Waals surface area contributed by atoms with Gasteiger partial charge in [-0.05, 0) is 32.0 Å². The molecule has 0 saturated heterocycles. The van der Waals surface area contributed by atoms with Gasteiger partial charge in [0.15, 0.2) is 5.78 Å². The summed E-state index contributed by atoms with van der Waals surface area (Å²) in [6, 6.07) is 9.72. The predicted molar refractivity (Wildman–Crippen MR) is 82.9 cm³/mol. The Morgan fingerprint density at radius 3 is 2.60 bits per heavy atom. The third-order valence-electron chi connectivity index (χ3n) is 3.50. The van der Waals surface area contributed by atoms with E-state index < -0.39 is 0 Å². The first-order valence-electron chi connectivity index (χ1n) is 6.46. The van der Waals surface area contributed by atoms with Crippen LogP contribution in [-0.2, 0) is 7.05 Å². The number of carbonyl (C=O) groups excluding carboxylic acids is 1. The van der Waals surface area contributed by atoms with Crippen LogP contribution in [0.2, 0.25) is 0 Å². The van der Waals surface area contributed by atoms with Gasteiger partial charge < -0.3 is 9.30 Å². The number of aryl methyl sites for hydroxylation is 1. The monoisotopic (exact) mass is 289 g/mol. The SMILES string of the molecule is COc1ccccc1SCC(=O)c1cc(C)n(C)c1C. The van der Waals surface area contributed by atoms with E-state index in [9.17, 15) is 4.79 Å². The number of nitrogens with zero attached hydrogens (tertiary/aromatic N) is 1. The van der Waals surface area contributed by atoms with Crippen molar-refractivity contribution in [1.82, 2.24) is 4.57 Å². The maximum Gasteiger partial charge on any atom is 0.174 e. The summed E-state index contributed by atoms with van der Waals surface area (Å²) in [5.74, 6) is 1.39. The number of ether oxygens (including phenoxy) is 1. The quantitative estimate of drug-likeness (QED) is 0.622. The van der Waals surface area contributed by atoms with Gasteiger partial charge in [-0.2, -0.15) is 0 Å². The summed E-state index contributed by atoms with van der Waals surface area (Å²) in [7, 11) is 3.63. The molecule has 3 nitrogen and oxygen atoms in total. The number of hydrogen-bond acceptors (Lipinski definition) is 3. The molecule has 0 saturated carbocycles. The van der Waals surface area contributed by atoms with Crippen LogP contribution in [-0.4, -0.2) is 23.2 Å². The number of methoxy groups -OCH3 is 1. The van der Waals surface area contributed by atoms with Crippen LogP contribution in [0.3, 0.4) is 0 Å². The maximum atomic E-state index is 12.3. The molecule has 0 spiro atoms. The van der Waals surface area contributed by atoms with E-state index in [2.05, 4.69) is 0 Å². The average Bonchev–Trinajstić information content (AvgIpc) is 2.72. The van der Waals surface area contributed by atoms with Gasteiger partial charge in [-0.25, -0.2) is 0 Å². The highest BCUT2D eigenvalue weighted by atomic mass is 32.2. The molecular weight excluding hydrogens is 270 g/mol. The molecule has 0 radical (unpaired) electrons. The van der Waals surface area contributed by atoms with Crippen molar-refractivity contribution in [3.05, 3.63) is 47.3 Å². The van der Waals surface area contributed by atoms with Gasteiger partial charge in [0, 0.05) is 28.9 Å². The predicted octanol–water partition coefficient (Wildman–Crippen LogP) is 3.63. The molecular formula is C16H19NO2S. The first-order chi connectivity index (χ1) is 9.54. The third-order valence-corrected chi connectivity index (χ3v) is 4.56. The Morgan fingerprint density at radius 1 is 1.30 bits per heavy atom. The van der Waals surface area contributed by atoms with Gasteiger partial charge in [-0.15, -0.1) is 11.8 Å². The van der Waals surface area contributed by atoms with Gasteiger partial charge in [-0.3, -0.25) is 4.79 Å². The summed E-state index contributed by atoms with van der Waals surface area (Å²) in [5, 5.41) is 0. The molecule has 2 aromatic rings. The van der Waals surface area contributed by atoms with E-state index in [-0.39, 0.29) is 5.78 Å². The fraction of sp³-hybridized carbons (Fsp3) is 0.312. The van der Waals surface area contributed by atoms with Crippen molar-refractivity contribution in [3.8, 4) is 5.75 Å². The topological polar surface area (TPSA) is 31.2 Å². The zero-order chi connectivity index (χ0) is 14.7. The summed E-state index contributed by atoms with van der Waals surface area (Å²) in [5.41, 5.74) is 2.94. The Hall–Kier alpha value is -1.68. The summed E-state index contributed by atoms with van der Waals surface area (Å²) < 4.78 is 7.34. The van der Waals surface area contributed by atoms with Crippen LogP contribution in [0.4, 0.5) is 0 Å². The molecule has 0 aliphatic rings. The fourth-order valence-corrected chi connectivity index (χ4v) is 3.01. The number of thioether (sulfide) groups is 1. The standard InChI is InChI=1S/C16H19NO2S/c1-11-9-13(12(2)17(11)3)14(18)10-20-16-8-6-5-7-15(16)19-4/h5-9H,10H2,1-4H3. The number of ketones is 1. The summed E-state index contributed by atoms with van der Waals surface area (Å²) in [6.45, 7) is 3.99. The highest BCUT2D eigenvalue weighted by molar-refractivity contribution is 8.00. The van der Waals surface area contributed by atoms with Crippen LogP contribution in [0.25, 0.3) is 0 Å². The molecule has 1 heterocycles. The molecule has 0 amide bonds. The number of para-hydroxylation sites is 1. The van der Waals surface area contributed by atoms with Gasteiger partial charge in [-0.1, -0.05) is 12.1 Å². The van der Waals surface area contributed by atoms with Crippen molar-refractivity contribution in [2.45, 2.75) is 18.7 Å². The Bertz CT molecular complexity index is 631. The van der Waals surface area contributed by atoms with Crippen molar-refractivity contribution in [2.75, 3.05) is 12.9 Å². The molecule has 0 N–H and O–H groups in total. The third kappa shape index (κ3) is 2.90. The molecule has 1 aromatic carbocycles. The second-order valence-electron chi connectivity index (χ2n) is 4.71. The lowest BCUT2D eigenvalue weighted by atomic mass is 10.2. The van der Waals surface area contributed by atoms with Gasteiger partial charge in [0.25, 0.3) is 0 Å². The zero-order valence-electron chi connectivity index (χ0n) is 12.3. The van der Waals surface area contributed by atoms with Crippen molar-refractivity contribution < 1.29 is 9.53 Å². The van der Waals surface area contributed by atoms with Crippen molar-refractivity contribution in [3.63, 3.8) is 0 Å². The van der Waals surface area contributed by atoms with E-state index in [4.69, 9.17) is 4.74 Å². The molecule has 4 heteroatoms. The van der Waals surface area contributed by atoms with Gasteiger partial charge in [0.1, 0.15) is 5.75 Å². The van der Waals surface area contributed by atoms with E-state index in [1.165, 1.54) is 11.8 Å². The van der Waals surface area contributed by atoms with E-state index in [0.717, 1.165) is 27.6 Å². The van der Waals surface area contributed by atoms with E-state index >= 15 is 0 Å². The smallest absolute Gasteiger partial charge is 0.174 e. The summed E-state index contributed by atoms with van der Waals surface area (Å²) >= 11 is 1.51. The Morgan fingerprint density at radius 2 is 2.00 bits per heavy atom. The van der Waals surface area contributed by atoms with Crippen LogP contribution in [0.15, 0.2) is 35.2 Å². The second kappa shape index (κ2) is 6.18. The molecule has 106 valence electrons. The molecule has 20 heavy (non-hydrogen) atoms. The molecule has 0 unspecified atom stereocenters. The van der Waals surface area contributed by atoms with Crippen LogP contribution < -0.4 is 4.74 Å². The normalized spacial score (nSPS) is 10.6. The first-order valence-corrected chi connectivity index (χ1v) is 7.45. The summed E-state index contributed by atoms with van der Waals surface area (Å²) in [6.07, 6.45) is 0. The Labute approximate surface area is 123 Å². The first kappa shape index (κ1) is 14.7. The highest BCUT2D eigenvalue weighted by Crippen LogP contribution is 2.29. The second-order valence-corrected chi connectivity index (χ2v) is 5.72. The van der Waals surface area contributed by atoms with Crippen molar-refractivity contribution in [2.24, 2.45) is 7.05 Å². The molecule has 0 aliphatic heterocycles. The van der Waals surface area contributed by atoms with Gasteiger partial charge in [0.2, 0.25) is 0 Å². The number of benzene rings is 1. The lowest BCUT2D eigenvalue weighted by Crippen LogP contribution is -2.04. The Balaban J connectivity index is 2.11. The Kier molecular flexibility index (Phi) is 4.55. The number of Topliss-reactive ketones (excluding diaryl/α,β-unsaturated/α-hetero) is 1. The minimum Gasteiger partial charge on any atom is -0.496 e. The van der Waals surface area contributed by atoms with Crippen LogP contribution >= 0.6 is 11.8 Å². The fourth-order valence-electron chi connectivity index (χ4n) is 2.10. The van der Waals surface area contributed by atoms with Crippen LogP contribution in [0, 0.1) is 13.8 Å². The molecule has 0 aliphatic carbocycles.